The topological polar surface area (TPSA) is 60.2 Å². The van der Waals surface area contributed by atoms with Crippen LogP contribution in [0.4, 0.5) is 5.69 Å². The summed E-state index contributed by atoms with van der Waals surface area (Å²) in [7, 11) is 0. The van der Waals surface area contributed by atoms with Gasteiger partial charge in [0.15, 0.2) is 5.78 Å². The lowest BCUT2D eigenvalue weighted by Gasteiger charge is -2.03. The lowest BCUT2D eigenvalue weighted by atomic mass is 10.0. The summed E-state index contributed by atoms with van der Waals surface area (Å²) in [6.45, 7) is 0. The van der Waals surface area contributed by atoms with Gasteiger partial charge in [-0.25, -0.2) is 0 Å². The van der Waals surface area contributed by atoms with Gasteiger partial charge >= 0.3 is 0 Å². The summed E-state index contributed by atoms with van der Waals surface area (Å²) in [6.07, 6.45) is 0.177. The average molecular weight is 355 g/mol. The quantitative estimate of drug-likeness (QED) is 0.463. The van der Waals surface area contributed by atoms with Gasteiger partial charge in [-0.15, -0.1) is 0 Å². The fourth-order valence-electron chi connectivity index (χ4n) is 1.69. The van der Waals surface area contributed by atoms with Crippen LogP contribution < -0.4 is 0 Å². The van der Waals surface area contributed by atoms with Crippen molar-refractivity contribution in [3.05, 3.63) is 73.2 Å². The van der Waals surface area contributed by atoms with Gasteiger partial charge in [-0.05, 0) is 33.6 Å². The van der Waals surface area contributed by atoms with Gasteiger partial charge in [-0.2, -0.15) is 0 Å². The van der Waals surface area contributed by atoms with Crippen LogP contribution in [0.1, 0.15) is 15.9 Å². The zero-order valence-electron chi connectivity index (χ0n) is 10.2. The van der Waals surface area contributed by atoms with E-state index in [-0.39, 0.29) is 17.9 Å². The molecule has 2 aromatic rings. The van der Waals surface area contributed by atoms with Gasteiger partial charge in [0.2, 0.25) is 0 Å². The van der Waals surface area contributed by atoms with Gasteiger partial charge in [0.05, 0.1) is 9.95 Å². The number of nitro groups is 1. The van der Waals surface area contributed by atoms with Gasteiger partial charge in [0, 0.05) is 28.6 Å². The Morgan fingerprint density at radius 1 is 1.20 bits per heavy atom. The molecule has 0 saturated heterocycles. The molecule has 6 heteroatoms. The SMILES string of the molecule is O=C(Cc1ccc([N+](=O)[O-])cc1)c1ccc(Br)c(Cl)c1. The van der Waals surface area contributed by atoms with Gasteiger partial charge < -0.3 is 0 Å². The number of benzene rings is 2. The third-order valence-corrected chi connectivity index (χ3v) is 3.99. The normalized spacial score (nSPS) is 10.3. The van der Waals surface area contributed by atoms with E-state index >= 15 is 0 Å². The molecule has 0 unspecified atom stereocenters. The predicted molar refractivity (Wildman–Crippen MR) is 80.3 cm³/mol. The van der Waals surface area contributed by atoms with E-state index < -0.39 is 4.92 Å². The van der Waals surface area contributed by atoms with E-state index in [2.05, 4.69) is 15.9 Å². The summed E-state index contributed by atoms with van der Waals surface area (Å²) in [6, 6.07) is 10.9. The number of rotatable bonds is 4. The van der Waals surface area contributed by atoms with Crippen molar-refractivity contribution in [2.75, 3.05) is 0 Å². The van der Waals surface area contributed by atoms with Gasteiger partial charge in [0.25, 0.3) is 5.69 Å². The van der Waals surface area contributed by atoms with Crippen molar-refractivity contribution in [2.45, 2.75) is 6.42 Å². The fraction of sp³-hybridized carbons (Fsp3) is 0.0714. The van der Waals surface area contributed by atoms with Crippen LogP contribution in [-0.2, 0) is 6.42 Å². The summed E-state index contributed by atoms with van der Waals surface area (Å²) < 4.78 is 0.728. The Kier molecular flexibility index (Phi) is 4.52. The molecule has 0 heterocycles. The predicted octanol–water partition coefficient (Wildman–Crippen LogP) is 4.44. The van der Waals surface area contributed by atoms with Crippen molar-refractivity contribution in [2.24, 2.45) is 0 Å². The average Bonchev–Trinajstić information content (AvgIpc) is 2.42. The molecule has 2 aromatic carbocycles. The highest BCUT2D eigenvalue weighted by molar-refractivity contribution is 9.10. The monoisotopic (exact) mass is 353 g/mol. The second-order valence-electron chi connectivity index (χ2n) is 4.15. The summed E-state index contributed by atoms with van der Waals surface area (Å²) in [5, 5.41) is 11.0. The minimum Gasteiger partial charge on any atom is -0.294 e. The molecule has 0 atom stereocenters. The molecule has 0 radical (unpaired) electrons. The third kappa shape index (κ3) is 3.43. The molecular formula is C14H9BrClNO3. The van der Waals surface area contributed by atoms with Gasteiger partial charge in [-0.3, -0.25) is 14.9 Å². The molecule has 0 saturated carbocycles. The lowest BCUT2D eigenvalue weighted by molar-refractivity contribution is -0.384. The van der Waals surface area contributed by atoms with Crippen molar-refractivity contribution in [3.8, 4) is 0 Å². The molecule has 0 aliphatic rings. The standard InChI is InChI=1S/C14H9BrClNO3/c15-12-6-3-10(8-13(12)16)14(18)7-9-1-4-11(5-2-9)17(19)20/h1-6,8H,7H2. The highest BCUT2D eigenvalue weighted by Crippen LogP contribution is 2.24. The molecule has 0 N–H and O–H groups in total. The third-order valence-electron chi connectivity index (χ3n) is 2.75. The number of halogens is 2. The van der Waals surface area contributed by atoms with Crippen LogP contribution in [0, 0.1) is 10.1 Å². The summed E-state index contributed by atoms with van der Waals surface area (Å²) >= 11 is 9.20. The van der Waals surface area contributed by atoms with Crippen LogP contribution >= 0.6 is 27.5 Å². The number of carbonyl (C=O) groups is 1. The molecule has 4 nitrogen and oxygen atoms in total. The molecule has 0 aromatic heterocycles. The highest BCUT2D eigenvalue weighted by atomic mass is 79.9. The van der Waals surface area contributed by atoms with Gasteiger partial charge in [-0.1, -0.05) is 29.8 Å². The van der Waals surface area contributed by atoms with Crippen molar-refractivity contribution in [3.63, 3.8) is 0 Å². The maximum Gasteiger partial charge on any atom is 0.269 e. The number of Topliss-reactive ketones (excluding diaryl/α,β-unsaturated/α-hetero) is 1. The Labute approximate surface area is 128 Å². The van der Waals surface area contributed by atoms with E-state index in [0.717, 1.165) is 10.0 Å². The second-order valence-corrected chi connectivity index (χ2v) is 5.41. The first-order valence-corrected chi connectivity index (χ1v) is 6.86. The van der Waals surface area contributed by atoms with Crippen LogP contribution in [0.3, 0.4) is 0 Å². The van der Waals surface area contributed by atoms with Crippen LogP contribution in [0.2, 0.25) is 5.02 Å². The molecular weight excluding hydrogens is 346 g/mol. The first kappa shape index (κ1) is 14.7. The molecule has 102 valence electrons. The maximum atomic E-state index is 12.1. The number of non-ortho nitro benzene ring substituents is 1. The minimum absolute atomic E-state index is 0.00730. The summed E-state index contributed by atoms with van der Waals surface area (Å²) in [5.74, 6) is -0.0896. The molecule has 0 aliphatic heterocycles. The van der Waals surface area contributed by atoms with E-state index in [1.165, 1.54) is 12.1 Å². The molecule has 0 spiro atoms. The number of hydrogen-bond donors (Lipinski definition) is 0. The Morgan fingerprint density at radius 3 is 2.40 bits per heavy atom. The Balaban J connectivity index is 2.14. The maximum absolute atomic E-state index is 12.1. The van der Waals surface area contributed by atoms with Crippen molar-refractivity contribution in [1.29, 1.82) is 0 Å². The Morgan fingerprint density at radius 2 is 1.85 bits per heavy atom. The molecule has 0 fully saturated rings. The number of nitro benzene ring substituents is 1. The molecule has 2 rings (SSSR count). The Hall–Kier alpha value is -1.72. The molecule has 0 amide bonds. The second kappa shape index (κ2) is 6.15. The number of carbonyl (C=O) groups excluding carboxylic acids is 1. The van der Waals surface area contributed by atoms with Crippen LogP contribution in [-0.4, -0.2) is 10.7 Å². The summed E-state index contributed by atoms with van der Waals surface area (Å²) in [4.78, 5) is 22.2. The number of hydrogen-bond acceptors (Lipinski definition) is 3. The lowest BCUT2D eigenvalue weighted by Crippen LogP contribution is -2.03. The van der Waals surface area contributed by atoms with E-state index in [0.29, 0.717) is 10.6 Å². The van der Waals surface area contributed by atoms with Crippen LogP contribution in [0.15, 0.2) is 46.9 Å². The molecule has 0 aliphatic carbocycles. The molecule has 20 heavy (non-hydrogen) atoms. The van der Waals surface area contributed by atoms with Crippen molar-refractivity contribution in [1.82, 2.24) is 0 Å². The zero-order chi connectivity index (χ0) is 14.7. The first-order valence-electron chi connectivity index (χ1n) is 5.69. The van der Waals surface area contributed by atoms with Crippen molar-refractivity contribution < 1.29 is 9.72 Å². The van der Waals surface area contributed by atoms with Crippen LogP contribution in [0.5, 0.6) is 0 Å². The van der Waals surface area contributed by atoms with Crippen LogP contribution in [0.25, 0.3) is 0 Å². The Bertz CT molecular complexity index is 671. The van der Waals surface area contributed by atoms with E-state index in [1.807, 2.05) is 0 Å². The summed E-state index contributed by atoms with van der Waals surface area (Å²) in [5.41, 5.74) is 1.24. The smallest absolute Gasteiger partial charge is 0.269 e. The molecule has 0 bridgehead atoms. The number of ketones is 1. The first-order chi connectivity index (χ1) is 9.47. The van der Waals surface area contributed by atoms with E-state index in [4.69, 9.17) is 11.6 Å². The van der Waals surface area contributed by atoms with Crippen molar-refractivity contribution >= 4 is 39.0 Å². The fourth-order valence-corrected chi connectivity index (χ4v) is 2.12. The minimum atomic E-state index is -0.472. The zero-order valence-corrected chi connectivity index (χ0v) is 12.5. The van der Waals surface area contributed by atoms with E-state index in [9.17, 15) is 14.9 Å². The van der Waals surface area contributed by atoms with E-state index in [1.54, 1.807) is 30.3 Å². The van der Waals surface area contributed by atoms with Gasteiger partial charge in [0.1, 0.15) is 0 Å². The highest BCUT2D eigenvalue weighted by Gasteiger charge is 2.10. The largest absolute Gasteiger partial charge is 0.294 e. The number of nitrogens with zero attached hydrogens (tertiary/aromatic N) is 1.